The molecule has 0 saturated heterocycles. The summed E-state index contributed by atoms with van der Waals surface area (Å²) in [6.45, 7) is 3.20. The Labute approximate surface area is 184 Å². The first kappa shape index (κ1) is 21.3. The molecule has 2 aromatic carbocycles. The summed E-state index contributed by atoms with van der Waals surface area (Å²) in [5, 5.41) is 12.3. The van der Waals surface area contributed by atoms with Crippen LogP contribution in [0.15, 0.2) is 47.3 Å². The molecule has 0 saturated carbocycles. The molecule has 0 unspecified atom stereocenters. The van der Waals surface area contributed by atoms with Crippen LogP contribution in [0.2, 0.25) is 0 Å². The number of amides is 1. The van der Waals surface area contributed by atoms with Crippen LogP contribution in [0.25, 0.3) is 22.6 Å². The van der Waals surface area contributed by atoms with Crippen molar-refractivity contribution in [1.82, 2.24) is 9.55 Å². The number of carboxylic acids is 1. The van der Waals surface area contributed by atoms with Crippen LogP contribution in [-0.4, -0.2) is 33.6 Å². The van der Waals surface area contributed by atoms with Crippen LogP contribution in [0, 0.1) is 5.41 Å². The Kier molecular flexibility index (Phi) is 5.30. The zero-order chi connectivity index (χ0) is 23.0. The van der Waals surface area contributed by atoms with E-state index in [-0.39, 0.29) is 5.56 Å². The van der Waals surface area contributed by atoms with Crippen LogP contribution in [0.4, 0.5) is 5.69 Å². The maximum Gasteiger partial charge on any atom is 0.318 e. The highest BCUT2D eigenvalue weighted by atomic mass is 16.5. The van der Waals surface area contributed by atoms with Crippen molar-refractivity contribution in [3.05, 3.63) is 64.2 Å². The summed E-state index contributed by atoms with van der Waals surface area (Å²) in [6, 6.07) is 12.4. The van der Waals surface area contributed by atoms with Crippen molar-refractivity contribution in [3.63, 3.8) is 0 Å². The van der Waals surface area contributed by atoms with E-state index in [0.717, 1.165) is 16.9 Å². The third kappa shape index (κ3) is 3.75. The Hall–Kier alpha value is -3.94. The second-order valence-electron chi connectivity index (χ2n) is 8.20. The van der Waals surface area contributed by atoms with Crippen molar-refractivity contribution in [2.24, 2.45) is 5.41 Å². The Morgan fingerprint density at radius 1 is 1.22 bits per heavy atom. The zero-order valence-corrected chi connectivity index (χ0v) is 18.0. The van der Waals surface area contributed by atoms with E-state index in [1.165, 1.54) is 13.8 Å². The minimum atomic E-state index is -1.59. The molecular formula is C24H23N3O5. The molecule has 1 aliphatic rings. The van der Waals surface area contributed by atoms with Gasteiger partial charge in [0.05, 0.1) is 18.0 Å². The number of anilines is 1. The standard InChI is InChI=1S/C24H23N3O5/c1-24(2,23(30)31)22(29)25-16-7-8-18-19(13-16)26-20-15(9-10-27(20)21(18)28)11-14-5-4-6-17(12-14)32-3/h4-8,11-13H,9-10H2,1-3H3,(H,25,29)(H,30,31). The number of ether oxygens (including phenoxy) is 1. The number of hydrogen-bond donors (Lipinski definition) is 2. The van der Waals surface area contributed by atoms with E-state index < -0.39 is 17.3 Å². The number of fused-ring (bicyclic) bond motifs is 2. The quantitative estimate of drug-likeness (QED) is 0.597. The maximum absolute atomic E-state index is 13.0. The van der Waals surface area contributed by atoms with Gasteiger partial charge in [-0.05, 0) is 67.8 Å². The highest BCUT2D eigenvalue weighted by molar-refractivity contribution is 6.08. The van der Waals surface area contributed by atoms with Gasteiger partial charge in [0.1, 0.15) is 17.0 Å². The molecule has 0 spiro atoms. The van der Waals surface area contributed by atoms with Crippen molar-refractivity contribution in [1.29, 1.82) is 0 Å². The third-order valence-electron chi connectivity index (χ3n) is 5.64. The second-order valence-corrected chi connectivity index (χ2v) is 8.20. The van der Waals surface area contributed by atoms with Crippen LogP contribution >= 0.6 is 0 Å². The molecule has 8 nitrogen and oxygen atoms in total. The smallest absolute Gasteiger partial charge is 0.318 e. The topological polar surface area (TPSA) is 111 Å². The number of nitrogens with zero attached hydrogens (tertiary/aromatic N) is 2. The van der Waals surface area contributed by atoms with Gasteiger partial charge in [0.25, 0.3) is 5.56 Å². The predicted molar refractivity (Wildman–Crippen MR) is 122 cm³/mol. The zero-order valence-electron chi connectivity index (χ0n) is 18.0. The summed E-state index contributed by atoms with van der Waals surface area (Å²) in [6.07, 6.45) is 2.66. The fraction of sp³-hybridized carbons (Fsp3) is 0.250. The first-order valence-electron chi connectivity index (χ1n) is 10.1. The molecular weight excluding hydrogens is 410 g/mol. The van der Waals surface area contributed by atoms with Crippen molar-refractivity contribution in [2.75, 3.05) is 12.4 Å². The molecule has 1 aliphatic heterocycles. The Morgan fingerprint density at radius 3 is 2.72 bits per heavy atom. The van der Waals surface area contributed by atoms with Gasteiger partial charge in [-0.25, -0.2) is 4.98 Å². The van der Waals surface area contributed by atoms with Crippen molar-refractivity contribution < 1.29 is 19.4 Å². The van der Waals surface area contributed by atoms with E-state index >= 15 is 0 Å². The lowest BCUT2D eigenvalue weighted by molar-refractivity contribution is -0.151. The van der Waals surface area contributed by atoms with Gasteiger partial charge in [-0.15, -0.1) is 0 Å². The monoisotopic (exact) mass is 433 g/mol. The number of nitrogens with one attached hydrogen (secondary N) is 1. The van der Waals surface area contributed by atoms with Gasteiger partial charge in [0.2, 0.25) is 5.91 Å². The molecule has 0 aliphatic carbocycles. The molecule has 4 rings (SSSR count). The molecule has 164 valence electrons. The molecule has 1 aromatic heterocycles. The molecule has 1 amide bonds. The third-order valence-corrected chi connectivity index (χ3v) is 5.64. The van der Waals surface area contributed by atoms with Crippen molar-refractivity contribution >= 4 is 40.1 Å². The highest BCUT2D eigenvalue weighted by Crippen LogP contribution is 2.29. The van der Waals surface area contributed by atoms with Gasteiger partial charge in [-0.1, -0.05) is 12.1 Å². The summed E-state index contributed by atoms with van der Waals surface area (Å²) >= 11 is 0. The fourth-order valence-electron chi connectivity index (χ4n) is 3.55. The van der Waals surface area contributed by atoms with E-state index in [0.29, 0.717) is 35.4 Å². The Morgan fingerprint density at radius 2 is 2.00 bits per heavy atom. The summed E-state index contributed by atoms with van der Waals surface area (Å²) in [5.41, 5.74) is 0.947. The number of aromatic nitrogens is 2. The van der Waals surface area contributed by atoms with Gasteiger partial charge >= 0.3 is 5.97 Å². The lowest BCUT2D eigenvalue weighted by Gasteiger charge is -2.18. The Balaban J connectivity index is 1.74. The minimum absolute atomic E-state index is 0.150. The number of allylic oxidation sites excluding steroid dienone is 1. The van der Waals surface area contributed by atoms with Crippen LogP contribution in [0.1, 0.15) is 31.7 Å². The van der Waals surface area contributed by atoms with Gasteiger partial charge in [-0.2, -0.15) is 0 Å². The average Bonchev–Trinajstić information content (AvgIpc) is 3.16. The SMILES string of the molecule is COc1cccc(C=C2CCn3c2nc2cc(NC(=O)C(C)(C)C(=O)O)ccc2c3=O)c1. The number of hydrogen-bond acceptors (Lipinski definition) is 5. The molecule has 0 bridgehead atoms. The number of benzene rings is 2. The first-order chi connectivity index (χ1) is 15.2. The minimum Gasteiger partial charge on any atom is -0.497 e. The molecule has 2 heterocycles. The summed E-state index contributed by atoms with van der Waals surface area (Å²) in [4.78, 5) is 41.4. The Bertz CT molecular complexity index is 1340. The molecule has 8 heteroatoms. The number of carboxylic acid groups (broad SMARTS) is 1. The number of carbonyl (C=O) groups excluding carboxylic acids is 1. The summed E-state index contributed by atoms with van der Waals surface area (Å²) < 4.78 is 6.93. The molecule has 0 radical (unpaired) electrons. The number of rotatable bonds is 5. The molecule has 3 aromatic rings. The largest absolute Gasteiger partial charge is 0.497 e. The van der Waals surface area contributed by atoms with E-state index in [2.05, 4.69) is 5.32 Å². The predicted octanol–water partition coefficient (Wildman–Crippen LogP) is 3.40. The van der Waals surface area contributed by atoms with Crippen LogP contribution in [0.5, 0.6) is 5.75 Å². The summed E-state index contributed by atoms with van der Waals surface area (Å²) in [5.74, 6) is -0.552. The number of methoxy groups -OCH3 is 1. The fourth-order valence-corrected chi connectivity index (χ4v) is 3.55. The van der Waals surface area contributed by atoms with Crippen molar-refractivity contribution in [3.8, 4) is 5.75 Å². The first-order valence-corrected chi connectivity index (χ1v) is 10.1. The molecule has 0 fully saturated rings. The maximum atomic E-state index is 13.0. The number of carbonyl (C=O) groups is 2. The van der Waals surface area contributed by atoms with Gasteiger partial charge in [0.15, 0.2) is 0 Å². The van der Waals surface area contributed by atoms with Gasteiger partial charge < -0.3 is 15.2 Å². The normalized spacial score (nSPS) is 14.4. The van der Waals surface area contributed by atoms with Gasteiger partial charge in [-0.3, -0.25) is 19.0 Å². The van der Waals surface area contributed by atoms with Crippen LogP contribution in [-0.2, 0) is 16.1 Å². The van der Waals surface area contributed by atoms with E-state index in [4.69, 9.17) is 9.72 Å². The highest BCUT2D eigenvalue weighted by Gasteiger charge is 2.36. The molecule has 32 heavy (non-hydrogen) atoms. The van der Waals surface area contributed by atoms with Crippen LogP contribution in [0.3, 0.4) is 0 Å². The lowest BCUT2D eigenvalue weighted by atomic mass is 9.92. The van der Waals surface area contributed by atoms with Gasteiger partial charge in [0, 0.05) is 12.2 Å². The van der Waals surface area contributed by atoms with E-state index in [1.807, 2.05) is 30.3 Å². The summed E-state index contributed by atoms with van der Waals surface area (Å²) in [7, 11) is 1.61. The van der Waals surface area contributed by atoms with Crippen LogP contribution < -0.4 is 15.6 Å². The molecule has 2 N–H and O–H groups in total. The second kappa shape index (κ2) is 7.96. The molecule has 0 atom stereocenters. The number of aliphatic carboxylic acids is 1. The average molecular weight is 433 g/mol. The van der Waals surface area contributed by atoms with E-state index in [1.54, 1.807) is 29.9 Å². The van der Waals surface area contributed by atoms with Crippen molar-refractivity contribution in [2.45, 2.75) is 26.8 Å². The van der Waals surface area contributed by atoms with E-state index in [9.17, 15) is 19.5 Å². The lowest BCUT2D eigenvalue weighted by Crippen LogP contribution is -2.37.